The van der Waals surface area contributed by atoms with Crippen molar-refractivity contribution in [2.75, 3.05) is 20.8 Å². The zero-order valence-electron chi connectivity index (χ0n) is 14.0. The summed E-state index contributed by atoms with van der Waals surface area (Å²) in [4.78, 5) is 0. The Bertz CT molecular complexity index is 714. The highest BCUT2D eigenvalue weighted by molar-refractivity contribution is 5.60. The van der Waals surface area contributed by atoms with Crippen LogP contribution in [0.2, 0.25) is 0 Å². The predicted octanol–water partition coefficient (Wildman–Crippen LogP) is 1.44. The van der Waals surface area contributed by atoms with Gasteiger partial charge >= 0.3 is 0 Å². The van der Waals surface area contributed by atoms with Gasteiger partial charge in [-0.2, -0.15) is 0 Å². The minimum Gasteiger partial charge on any atom is -0.486 e. The van der Waals surface area contributed by atoms with Gasteiger partial charge in [-0.1, -0.05) is 18.2 Å². The first-order valence-electron chi connectivity index (χ1n) is 8.69. The molecule has 2 bridgehead atoms. The number of ether oxygens (including phenoxy) is 3. The maximum Gasteiger partial charge on any atom is 0.186 e. The second-order valence-electron chi connectivity index (χ2n) is 7.32. The van der Waals surface area contributed by atoms with Crippen molar-refractivity contribution in [2.24, 2.45) is 5.92 Å². The molecular formula is C19H23NO4. The molecule has 0 saturated carbocycles. The van der Waals surface area contributed by atoms with Crippen LogP contribution in [0.1, 0.15) is 29.4 Å². The minimum absolute atomic E-state index is 0.130. The van der Waals surface area contributed by atoms with Crippen LogP contribution in [0.4, 0.5) is 0 Å². The lowest BCUT2D eigenvalue weighted by atomic mass is 9.53. The smallest absolute Gasteiger partial charge is 0.186 e. The van der Waals surface area contributed by atoms with Crippen LogP contribution in [0, 0.1) is 5.92 Å². The molecule has 2 aliphatic carbocycles. The van der Waals surface area contributed by atoms with Crippen molar-refractivity contribution in [3.05, 3.63) is 41.0 Å². The zero-order chi connectivity index (χ0) is 16.5. The third kappa shape index (κ3) is 1.63. The summed E-state index contributed by atoms with van der Waals surface area (Å²) in [7, 11) is 3.28. The molecule has 2 N–H and O–H groups in total. The van der Waals surface area contributed by atoms with E-state index in [0.717, 1.165) is 30.7 Å². The summed E-state index contributed by atoms with van der Waals surface area (Å²) in [5.74, 6) is 1.24. The zero-order valence-corrected chi connectivity index (χ0v) is 14.0. The molecule has 0 unspecified atom stereocenters. The lowest BCUT2D eigenvalue weighted by Crippen LogP contribution is -2.64. The van der Waals surface area contributed by atoms with Crippen LogP contribution in [-0.2, 0) is 21.3 Å². The molecular weight excluding hydrogens is 306 g/mol. The third-order valence-electron chi connectivity index (χ3n) is 6.41. The van der Waals surface area contributed by atoms with E-state index in [2.05, 4.69) is 23.5 Å². The molecule has 1 saturated heterocycles. The fraction of sp³-hybridized carbons (Fsp3) is 0.579. The molecule has 2 heterocycles. The van der Waals surface area contributed by atoms with Gasteiger partial charge in [-0.15, -0.1) is 0 Å². The second kappa shape index (κ2) is 5.05. The van der Waals surface area contributed by atoms with E-state index < -0.39 is 12.4 Å². The van der Waals surface area contributed by atoms with Gasteiger partial charge in [0, 0.05) is 37.2 Å². The Labute approximate surface area is 141 Å². The number of rotatable bonds is 3. The van der Waals surface area contributed by atoms with Crippen molar-refractivity contribution in [3.8, 4) is 5.75 Å². The van der Waals surface area contributed by atoms with E-state index in [9.17, 15) is 5.11 Å². The second-order valence-corrected chi connectivity index (χ2v) is 7.32. The number of aliphatic hydroxyl groups is 1. The first-order valence-corrected chi connectivity index (χ1v) is 8.69. The van der Waals surface area contributed by atoms with Crippen LogP contribution in [0.25, 0.3) is 0 Å². The maximum absolute atomic E-state index is 10.6. The molecule has 5 heteroatoms. The molecule has 5 atom stereocenters. The summed E-state index contributed by atoms with van der Waals surface area (Å²) in [6.45, 7) is 0.961. The molecule has 5 nitrogen and oxygen atoms in total. The lowest BCUT2D eigenvalue weighted by Gasteiger charge is -2.53. The quantitative estimate of drug-likeness (QED) is 0.649. The Morgan fingerprint density at radius 1 is 1.29 bits per heavy atom. The molecule has 128 valence electrons. The summed E-state index contributed by atoms with van der Waals surface area (Å²) in [6.07, 6.45) is 4.84. The third-order valence-corrected chi connectivity index (χ3v) is 6.41. The van der Waals surface area contributed by atoms with Gasteiger partial charge in [0.15, 0.2) is 6.29 Å². The first-order chi connectivity index (χ1) is 11.7. The minimum atomic E-state index is -0.574. The average molecular weight is 329 g/mol. The van der Waals surface area contributed by atoms with E-state index in [1.54, 1.807) is 14.2 Å². The molecule has 5 rings (SSSR count). The van der Waals surface area contributed by atoms with Crippen molar-refractivity contribution in [2.45, 2.75) is 42.8 Å². The average Bonchev–Trinajstić information content (AvgIpc) is 2.93. The topological polar surface area (TPSA) is 60.0 Å². The highest BCUT2D eigenvalue weighted by Gasteiger charge is 2.63. The fourth-order valence-corrected chi connectivity index (χ4v) is 5.55. The fourth-order valence-electron chi connectivity index (χ4n) is 5.55. The van der Waals surface area contributed by atoms with E-state index in [1.165, 1.54) is 11.1 Å². The highest BCUT2D eigenvalue weighted by Crippen LogP contribution is 2.60. The van der Waals surface area contributed by atoms with Crippen LogP contribution >= 0.6 is 0 Å². The Morgan fingerprint density at radius 2 is 2.12 bits per heavy atom. The van der Waals surface area contributed by atoms with Crippen LogP contribution in [-0.4, -0.2) is 44.1 Å². The Balaban J connectivity index is 1.76. The monoisotopic (exact) mass is 329 g/mol. The molecule has 1 fully saturated rings. The Hall–Kier alpha value is -1.40. The summed E-state index contributed by atoms with van der Waals surface area (Å²) in [5.41, 5.74) is 3.41. The van der Waals surface area contributed by atoms with Gasteiger partial charge < -0.3 is 24.6 Å². The van der Waals surface area contributed by atoms with Gasteiger partial charge in [0.1, 0.15) is 18.0 Å². The van der Waals surface area contributed by atoms with Gasteiger partial charge in [-0.05, 0) is 31.0 Å². The number of hydrogen-bond donors (Lipinski definition) is 2. The molecule has 24 heavy (non-hydrogen) atoms. The molecule has 2 aliphatic heterocycles. The van der Waals surface area contributed by atoms with Crippen molar-refractivity contribution >= 4 is 0 Å². The Morgan fingerprint density at radius 3 is 2.92 bits per heavy atom. The molecule has 1 aromatic carbocycles. The molecule has 1 spiro atoms. The molecule has 0 amide bonds. The van der Waals surface area contributed by atoms with Crippen LogP contribution < -0.4 is 10.1 Å². The standard InChI is InChI=1S/C19H23NO4/c1-22-18(23-2)11-4-3-10-9-13-12-5-6-14(21)17-19(12,7-8-20-13)15(10)16(11)24-17/h3-6,12-14,17-18,20-21H,7-9H2,1-2H3/t12-,13+,14-,17-,19-/m0/s1. The van der Waals surface area contributed by atoms with E-state index in [-0.39, 0.29) is 11.5 Å². The predicted molar refractivity (Wildman–Crippen MR) is 88.0 cm³/mol. The molecule has 0 aromatic heterocycles. The number of nitrogens with one attached hydrogen (secondary N) is 1. The van der Waals surface area contributed by atoms with E-state index in [0.29, 0.717) is 12.0 Å². The van der Waals surface area contributed by atoms with Crippen molar-refractivity contribution in [1.82, 2.24) is 5.32 Å². The normalized spacial score (nSPS) is 38.2. The first kappa shape index (κ1) is 14.9. The number of benzene rings is 1. The maximum atomic E-state index is 10.6. The van der Waals surface area contributed by atoms with E-state index in [4.69, 9.17) is 14.2 Å². The molecule has 0 radical (unpaired) electrons. The van der Waals surface area contributed by atoms with E-state index >= 15 is 0 Å². The van der Waals surface area contributed by atoms with Crippen LogP contribution in [0.3, 0.4) is 0 Å². The lowest BCUT2D eigenvalue weighted by molar-refractivity contribution is -0.107. The summed E-state index contributed by atoms with van der Waals surface area (Å²) >= 11 is 0. The summed E-state index contributed by atoms with van der Waals surface area (Å²) in [5, 5.41) is 14.3. The van der Waals surface area contributed by atoms with Crippen molar-refractivity contribution in [1.29, 1.82) is 0 Å². The van der Waals surface area contributed by atoms with Gasteiger partial charge in [0.25, 0.3) is 0 Å². The van der Waals surface area contributed by atoms with Gasteiger partial charge in [0.05, 0.1) is 5.56 Å². The SMILES string of the molecule is COC(OC)c1ccc2c3c1O[C@H]1[C@@H](O)C=C[C@H]4[C@@H](C2)NCC[C@@]341. The summed E-state index contributed by atoms with van der Waals surface area (Å²) in [6, 6.07) is 4.65. The van der Waals surface area contributed by atoms with Gasteiger partial charge in [0.2, 0.25) is 0 Å². The van der Waals surface area contributed by atoms with Crippen LogP contribution in [0.15, 0.2) is 24.3 Å². The van der Waals surface area contributed by atoms with Crippen molar-refractivity contribution < 1.29 is 19.3 Å². The van der Waals surface area contributed by atoms with E-state index in [1.807, 2.05) is 6.08 Å². The largest absolute Gasteiger partial charge is 0.486 e. The number of methoxy groups -OCH3 is 2. The molecule has 4 aliphatic rings. The number of aliphatic hydroxyl groups excluding tert-OH is 1. The number of hydrogen-bond acceptors (Lipinski definition) is 5. The van der Waals surface area contributed by atoms with Crippen LogP contribution in [0.5, 0.6) is 5.75 Å². The summed E-state index contributed by atoms with van der Waals surface area (Å²) < 4.78 is 17.4. The van der Waals surface area contributed by atoms with Gasteiger partial charge in [-0.3, -0.25) is 0 Å². The molecule has 1 aromatic rings. The van der Waals surface area contributed by atoms with Crippen molar-refractivity contribution in [3.63, 3.8) is 0 Å². The van der Waals surface area contributed by atoms with Gasteiger partial charge in [-0.25, -0.2) is 0 Å². The Kier molecular flexibility index (Phi) is 3.14. The number of piperidine rings is 1. The highest BCUT2D eigenvalue weighted by atomic mass is 16.7.